The summed E-state index contributed by atoms with van der Waals surface area (Å²) in [5, 5.41) is 2.51. The molecule has 8 heavy (non-hydrogen) atoms. The van der Waals surface area contributed by atoms with Crippen LogP contribution in [0, 0.1) is 5.92 Å². The van der Waals surface area contributed by atoms with Gasteiger partial charge in [0, 0.05) is 11.3 Å². The molecule has 0 aliphatic carbocycles. The number of rotatable bonds is 3. The van der Waals surface area contributed by atoms with E-state index in [9.17, 15) is 4.79 Å². The van der Waals surface area contributed by atoms with Crippen LogP contribution in [0.15, 0.2) is 0 Å². The fraction of sp³-hybridized carbons (Fsp3) is 0.667. The van der Waals surface area contributed by atoms with Gasteiger partial charge in [-0.3, -0.25) is 4.79 Å². The number of Topliss-reactive ketones (excluding diaryl/α,β-unsaturated/α-hetero) is 1. The topological polar surface area (TPSA) is 17.1 Å². The van der Waals surface area contributed by atoms with E-state index in [2.05, 4.69) is 17.6 Å². The van der Waals surface area contributed by atoms with E-state index >= 15 is 0 Å². The van der Waals surface area contributed by atoms with Crippen LogP contribution in [0.4, 0.5) is 0 Å². The van der Waals surface area contributed by atoms with Gasteiger partial charge in [0.05, 0.1) is 0 Å². The molecule has 0 aromatic rings. The Morgan fingerprint density at radius 3 is 2.50 bits per heavy atom. The molecule has 1 atom stereocenters. The first kappa shape index (κ1) is 7.76. The van der Waals surface area contributed by atoms with Crippen LogP contribution in [0.3, 0.4) is 0 Å². The van der Waals surface area contributed by atoms with Crippen LogP contribution in [0.2, 0.25) is 0 Å². The molecule has 45 valence electrons. The highest BCUT2D eigenvalue weighted by Gasteiger charge is 2.03. The maximum atomic E-state index is 10.4. The van der Waals surface area contributed by atoms with Gasteiger partial charge in [-0.15, -0.1) is 0 Å². The molecule has 0 saturated carbocycles. The normalized spacial score (nSPS) is 12.8. The highest BCUT2D eigenvalue weighted by atomic mass is 32.1. The third kappa shape index (κ3) is 2.86. The minimum atomic E-state index is 0.0625. The minimum absolute atomic E-state index is 0.0625. The van der Waals surface area contributed by atoms with Crippen molar-refractivity contribution in [2.45, 2.75) is 20.3 Å². The molecule has 1 radical (unpaired) electrons. The molecule has 0 aromatic heterocycles. The Balaban J connectivity index is 3.46. The second-order valence-electron chi connectivity index (χ2n) is 1.86. The van der Waals surface area contributed by atoms with Gasteiger partial charge in [0.2, 0.25) is 0 Å². The summed E-state index contributed by atoms with van der Waals surface area (Å²) in [5.74, 6) is 0.245. The summed E-state index contributed by atoms with van der Waals surface area (Å²) in [7, 11) is 0. The van der Waals surface area contributed by atoms with Gasteiger partial charge in [-0.1, -0.05) is 19.1 Å². The Kier molecular flexibility index (Phi) is 3.61. The van der Waals surface area contributed by atoms with Crippen molar-refractivity contribution in [3.8, 4) is 0 Å². The number of hydrogen-bond donors (Lipinski definition) is 0. The summed E-state index contributed by atoms with van der Waals surface area (Å²) in [4.78, 5) is 10.4. The van der Waals surface area contributed by atoms with E-state index in [4.69, 9.17) is 0 Å². The van der Waals surface area contributed by atoms with Gasteiger partial charge < -0.3 is 0 Å². The average molecular weight is 129 g/mol. The molecule has 0 amide bonds. The lowest BCUT2D eigenvalue weighted by Crippen LogP contribution is -2.05. The second-order valence-corrected chi connectivity index (χ2v) is 2.15. The summed E-state index contributed by atoms with van der Waals surface area (Å²) in [5.41, 5.74) is 0. The number of thiocarbonyl (C=S) groups is 1. The van der Waals surface area contributed by atoms with E-state index in [1.165, 1.54) is 0 Å². The Morgan fingerprint density at radius 2 is 2.38 bits per heavy atom. The Bertz CT molecular complexity index is 98.7. The van der Waals surface area contributed by atoms with Crippen LogP contribution >= 0.6 is 12.2 Å². The van der Waals surface area contributed by atoms with Gasteiger partial charge in [0.1, 0.15) is 5.78 Å². The standard InChI is InChI=1S/C6H9OS/c1-5(3-4-8)6(2)7/h5H,3H2,1-2H3. The molecule has 0 aromatic carbocycles. The van der Waals surface area contributed by atoms with Crippen molar-refractivity contribution in [2.24, 2.45) is 5.92 Å². The lowest BCUT2D eigenvalue weighted by atomic mass is 10.1. The van der Waals surface area contributed by atoms with Crippen molar-refractivity contribution in [2.75, 3.05) is 0 Å². The van der Waals surface area contributed by atoms with Gasteiger partial charge >= 0.3 is 0 Å². The molecule has 0 rings (SSSR count). The Hall–Kier alpha value is -0.240. The number of hydrogen-bond acceptors (Lipinski definition) is 2. The van der Waals surface area contributed by atoms with Crippen LogP contribution in [0.25, 0.3) is 0 Å². The van der Waals surface area contributed by atoms with Crippen molar-refractivity contribution in [1.29, 1.82) is 0 Å². The van der Waals surface area contributed by atoms with E-state index in [-0.39, 0.29) is 11.7 Å². The van der Waals surface area contributed by atoms with Gasteiger partial charge in [-0.05, 0) is 13.3 Å². The summed E-state index contributed by atoms with van der Waals surface area (Å²) < 4.78 is 0. The molecule has 1 unspecified atom stereocenters. The average Bonchev–Trinajstić information content (AvgIpc) is 1.67. The second kappa shape index (κ2) is 3.72. The van der Waals surface area contributed by atoms with E-state index in [0.29, 0.717) is 6.42 Å². The monoisotopic (exact) mass is 129 g/mol. The molecule has 0 heterocycles. The Morgan fingerprint density at radius 1 is 1.88 bits per heavy atom. The van der Waals surface area contributed by atoms with Crippen LogP contribution < -0.4 is 0 Å². The first-order chi connectivity index (χ1) is 3.68. The summed E-state index contributed by atoms with van der Waals surface area (Å²) >= 11 is 4.45. The van der Waals surface area contributed by atoms with E-state index in [0.717, 1.165) is 0 Å². The van der Waals surface area contributed by atoms with Crippen molar-refractivity contribution < 1.29 is 4.79 Å². The van der Waals surface area contributed by atoms with E-state index in [1.54, 1.807) is 6.92 Å². The molecule has 0 aliphatic heterocycles. The van der Waals surface area contributed by atoms with Crippen LogP contribution in [0.1, 0.15) is 20.3 Å². The largest absolute Gasteiger partial charge is 0.300 e. The zero-order chi connectivity index (χ0) is 6.57. The molecule has 0 fully saturated rings. The molecule has 0 saturated heterocycles. The zero-order valence-electron chi connectivity index (χ0n) is 5.10. The van der Waals surface area contributed by atoms with Crippen LogP contribution in [-0.2, 0) is 4.79 Å². The predicted octanol–water partition coefficient (Wildman–Crippen LogP) is 1.48. The van der Waals surface area contributed by atoms with Crippen LogP contribution in [-0.4, -0.2) is 11.2 Å². The first-order valence-corrected chi connectivity index (χ1v) is 2.94. The van der Waals surface area contributed by atoms with Crippen molar-refractivity contribution in [1.82, 2.24) is 0 Å². The lowest BCUT2D eigenvalue weighted by molar-refractivity contribution is -0.120. The molecule has 0 spiro atoms. The Labute approximate surface area is 55.1 Å². The molecule has 2 heteroatoms. The van der Waals surface area contributed by atoms with Gasteiger partial charge in [0.25, 0.3) is 0 Å². The SMILES string of the molecule is CC(=O)C(C)C[C]=S. The van der Waals surface area contributed by atoms with Crippen molar-refractivity contribution >= 4 is 23.4 Å². The van der Waals surface area contributed by atoms with Gasteiger partial charge in [-0.25, -0.2) is 0 Å². The fourth-order valence-electron chi connectivity index (χ4n) is 0.269. The van der Waals surface area contributed by atoms with Crippen molar-refractivity contribution in [3.05, 3.63) is 0 Å². The molecule has 0 bridgehead atoms. The summed E-state index contributed by atoms with van der Waals surface area (Å²) in [6.45, 7) is 3.42. The highest BCUT2D eigenvalue weighted by molar-refractivity contribution is 7.78. The van der Waals surface area contributed by atoms with Gasteiger partial charge in [-0.2, -0.15) is 0 Å². The third-order valence-corrected chi connectivity index (χ3v) is 1.25. The number of carbonyl (C=O) groups is 1. The number of ketones is 1. The number of carbonyl (C=O) groups excluding carboxylic acids is 1. The van der Waals surface area contributed by atoms with E-state index in [1.807, 2.05) is 6.92 Å². The molecular weight excluding hydrogens is 120 g/mol. The predicted molar refractivity (Wildman–Crippen MR) is 37.1 cm³/mol. The zero-order valence-corrected chi connectivity index (χ0v) is 5.92. The molecular formula is C6H9OS. The maximum Gasteiger partial charge on any atom is 0.132 e. The maximum absolute atomic E-state index is 10.4. The molecule has 1 nitrogen and oxygen atoms in total. The minimum Gasteiger partial charge on any atom is -0.300 e. The fourth-order valence-corrected chi connectivity index (χ4v) is 0.519. The lowest BCUT2D eigenvalue weighted by Gasteiger charge is -1.98. The van der Waals surface area contributed by atoms with Crippen LogP contribution in [0.5, 0.6) is 0 Å². The smallest absolute Gasteiger partial charge is 0.132 e. The molecule has 0 N–H and O–H groups in total. The highest BCUT2D eigenvalue weighted by Crippen LogP contribution is 1.99. The van der Waals surface area contributed by atoms with E-state index < -0.39 is 0 Å². The third-order valence-electron chi connectivity index (χ3n) is 1.08. The first-order valence-electron chi connectivity index (χ1n) is 2.54. The van der Waals surface area contributed by atoms with Crippen molar-refractivity contribution in [3.63, 3.8) is 0 Å². The quantitative estimate of drug-likeness (QED) is 0.537. The summed E-state index contributed by atoms with van der Waals surface area (Å²) in [6, 6.07) is 0. The molecule has 0 aliphatic rings. The summed E-state index contributed by atoms with van der Waals surface area (Å²) in [6.07, 6.45) is 0.602. The van der Waals surface area contributed by atoms with Gasteiger partial charge in [0.15, 0.2) is 0 Å².